The number of carbonyl (C=O) groups is 1. The lowest BCUT2D eigenvalue weighted by Crippen LogP contribution is -2.44. The number of rotatable bonds is 7. The second-order valence-corrected chi connectivity index (χ2v) is 7.63. The van der Waals surface area contributed by atoms with Crippen molar-refractivity contribution in [3.63, 3.8) is 0 Å². The molecule has 1 saturated carbocycles. The van der Waals surface area contributed by atoms with E-state index >= 15 is 0 Å². The number of hydrogen-bond acceptors (Lipinski definition) is 3. The van der Waals surface area contributed by atoms with Crippen LogP contribution in [0.2, 0.25) is 0 Å². The van der Waals surface area contributed by atoms with Crippen molar-refractivity contribution in [2.75, 3.05) is 39.3 Å². The fourth-order valence-corrected chi connectivity index (χ4v) is 4.22. The van der Waals surface area contributed by atoms with Crippen LogP contribution in [0.25, 0.3) is 0 Å². The summed E-state index contributed by atoms with van der Waals surface area (Å²) in [4.78, 5) is 14.7. The number of amides is 1. The van der Waals surface area contributed by atoms with Crippen LogP contribution >= 0.6 is 0 Å². The summed E-state index contributed by atoms with van der Waals surface area (Å²) in [5.41, 5.74) is 1.47. The highest BCUT2D eigenvalue weighted by molar-refractivity contribution is 5.76. The Labute approximate surface area is 152 Å². The summed E-state index contributed by atoms with van der Waals surface area (Å²) in [6.45, 7) is 6.39. The largest absolute Gasteiger partial charge is 0.356 e. The van der Waals surface area contributed by atoms with E-state index in [9.17, 15) is 4.79 Å². The first kappa shape index (κ1) is 18.4. The molecule has 3 rings (SSSR count). The van der Waals surface area contributed by atoms with Crippen molar-refractivity contribution in [2.45, 2.75) is 44.4 Å². The molecule has 1 aromatic rings. The zero-order valence-electron chi connectivity index (χ0n) is 15.4. The second kappa shape index (κ2) is 9.93. The fraction of sp³-hybridized carbons (Fsp3) is 0.667. The predicted octanol–water partition coefficient (Wildman–Crippen LogP) is 2.76. The second-order valence-electron chi connectivity index (χ2n) is 7.63. The van der Waals surface area contributed by atoms with Crippen molar-refractivity contribution < 1.29 is 4.79 Å². The summed E-state index contributed by atoms with van der Waals surface area (Å²) >= 11 is 0. The van der Waals surface area contributed by atoms with E-state index < -0.39 is 0 Å². The molecule has 25 heavy (non-hydrogen) atoms. The Morgan fingerprint density at radius 3 is 2.52 bits per heavy atom. The van der Waals surface area contributed by atoms with Gasteiger partial charge in [-0.15, -0.1) is 0 Å². The summed E-state index contributed by atoms with van der Waals surface area (Å²) < 4.78 is 0. The third kappa shape index (κ3) is 6.12. The maximum atomic E-state index is 12.2. The minimum atomic E-state index is 0.253. The molecule has 2 N–H and O–H groups in total. The SMILES string of the molecule is O=C(CC1CCC(c2ccccc2)CC1)NCCCN1CCNCC1. The Bertz CT molecular complexity index is 505. The summed E-state index contributed by atoms with van der Waals surface area (Å²) in [6.07, 6.45) is 6.61. The molecule has 0 spiro atoms. The van der Waals surface area contributed by atoms with Crippen molar-refractivity contribution in [2.24, 2.45) is 5.92 Å². The first-order chi connectivity index (χ1) is 12.3. The molecule has 4 nitrogen and oxygen atoms in total. The predicted molar refractivity (Wildman–Crippen MR) is 103 cm³/mol. The minimum absolute atomic E-state index is 0.253. The van der Waals surface area contributed by atoms with Crippen LogP contribution in [-0.4, -0.2) is 50.1 Å². The van der Waals surface area contributed by atoms with Crippen LogP contribution in [0, 0.1) is 5.92 Å². The van der Waals surface area contributed by atoms with Crippen LogP contribution in [0.5, 0.6) is 0 Å². The minimum Gasteiger partial charge on any atom is -0.356 e. The van der Waals surface area contributed by atoms with Gasteiger partial charge in [-0.2, -0.15) is 0 Å². The Morgan fingerprint density at radius 1 is 1.08 bits per heavy atom. The lowest BCUT2D eigenvalue weighted by atomic mass is 9.77. The zero-order valence-corrected chi connectivity index (χ0v) is 15.4. The molecule has 0 atom stereocenters. The average Bonchev–Trinajstić information content (AvgIpc) is 2.67. The van der Waals surface area contributed by atoms with Crippen molar-refractivity contribution in [1.82, 2.24) is 15.5 Å². The highest BCUT2D eigenvalue weighted by atomic mass is 16.1. The third-order valence-electron chi connectivity index (χ3n) is 5.77. The van der Waals surface area contributed by atoms with Crippen molar-refractivity contribution in [3.8, 4) is 0 Å². The number of nitrogens with zero attached hydrogens (tertiary/aromatic N) is 1. The summed E-state index contributed by atoms with van der Waals surface area (Å²) in [5.74, 6) is 1.52. The van der Waals surface area contributed by atoms with Gasteiger partial charge in [-0.25, -0.2) is 0 Å². The van der Waals surface area contributed by atoms with Crippen molar-refractivity contribution in [1.29, 1.82) is 0 Å². The van der Waals surface area contributed by atoms with Crippen LogP contribution in [0.15, 0.2) is 30.3 Å². The molecule has 4 heteroatoms. The van der Waals surface area contributed by atoms with Gasteiger partial charge in [0, 0.05) is 39.1 Å². The molecule has 138 valence electrons. The fourth-order valence-electron chi connectivity index (χ4n) is 4.22. The molecule has 1 aliphatic carbocycles. The van der Waals surface area contributed by atoms with Crippen LogP contribution in [-0.2, 0) is 4.79 Å². The van der Waals surface area contributed by atoms with E-state index in [0.717, 1.165) is 52.1 Å². The van der Waals surface area contributed by atoms with E-state index in [1.165, 1.54) is 31.2 Å². The summed E-state index contributed by atoms with van der Waals surface area (Å²) in [7, 11) is 0. The monoisotopic (exact) mass is 343 g/mol. The van der Waals surface area contributed by atoms with Gasteiger partial charge in [0.2, 0.25) is 5.91 Å². The molecule has 2 aliphatic rings. The van der Waals surface area contributed by atoms with Gasteiger partial charge < -0.3 is 15.5 Å². The first-order valence-corrected chi connectivity index (χ1v) is 10.1. The smallest absolute Gasteiger partial charge is 0.220 e. The third-order valence-corrected chi connectivity index (χ3v) is 5.77. The van der Waals surface area contributed by atoms with E-state index in [1.807, 2.05) is 0 Å². The van der Waals surface area contributed by atoms with E-state index in [4.69, 9.17) is 0 Å². The highest BCUT2D eigenvalue weighted by Gasteiger charge is 2.23. The van der Waals surface area contributed by atoms with Gasteiger partial charge in [0.05, 0.1) is 0 Å². The molecule has 1 aliphatic heterocycles. The van der Waals surface area contributed by atoms with Crippen molar-refractivity contribution >= 4 is 5.91 Å². The molecular weight excluding hydrogens is 310 g/mol. The van der Waals surface area contributed by atoms with E-state index in [0.29, 0.717) is 11.8 Å². The molecule has 0 bridgehead atoms. The molecule has 1 saturated heterocycles. The Balaban J connectivity index is 1.27. The number of piperazine rings is 1. The molecule has 1 heterocycles. The Hall–Kier alpha value is -1.39. The van der Waals surface area contributed by atoms with Gasteiger partial charge in [-0.05, 0) is 56.0 Å². The van der Waals surface area contributed by atoms with Crippen LogP contribution in [0.4, 0.5) is 0 Å². The standard InChI is InChI=1S/C21H33N3O/c25-21(23-11-4-14-24-15-12-22-13-16-24)17-18-7-9-20(10-8-18)19-5-2-1-3-6-19/h1-3,5-6,18,20,22H,4,7-17H2,(H,23,25). The van der Waals surface area contributed by atoms with Crippen molar-refractivity contribution in [3.05, 3.63) is 35.9 Å². The lowest BCUT2D eigenvalue weighted by molar-refractivity contribution is -0.122. The van der Waals surface area contributed by atoms with Crippen LogP contribution < -0.4 is 10.6 Å². The Morgan fingerprint density at radius 2 is 1.80 bits per heavy atom. The van der Waals surface area contributed by atoms with Gasteiger partial charge >= 0.3 is 0 Å². The highest BCUT2D eigenvalue weighted by Crippen LogP contribution is 2.36. The van der Waals surface area contributed by atoms with Crippen LogP contribution in [0.1, 0.15) is 50.0 Å². The maximum absolute atomic E-state index is 12.2. The van der Waals surface area contributed by atoms with Gasteiger partial charge in [0.25, 0.3) is 0 Å². The summed E-state index contributed by atoms with van der Waals surface area (Å²) in [6, 6.07) is 10.8. The topological polar surface area (TPSA) is 44.4 Å². The average molecular weight is 344 g/mol. The summed E-state index contributed by atoms with van der Waals surface area (Å²) in [5, 5.41) is 6.50. The maximum Gasteiger partial charge on any atom is 0.220 e. The molecule has 1 amide bonds. The number of hydrogen-bond donors (Lipinski definition) is 2. The van der Waals surface area contributed by atoms with Gasteiger partial charge in [-0.3, -0.25) is 4.79 Å². The van der Waals surface area contributed by atoms with E-state index in [-0.39, 0.29) is 5.91 Å². The first-order valence-electron chi connectivity index (χ1n) is 10.1. The number of carbonyl (C=O) groups excluding carboxylic acids is 1. The lowest BCUT2D eigenvalue weighted by Gasteiger charge is -2.28. The normalized spacial score (nSPS) is 24.8. The van der Waals surface area contributed by atoms with Gasteiger partial charge in [0.1, 0.15) is 0 Å². The number of benzene rings is 1. The quantitative estimate of drug-likeness (QED) is 0.748. The van der Waals surface area contributed by atoms with Gasteiger partial charge in [-0.1, -0.05) is 30.3 Å². The zero-order chi connectivity index (χ0) is 17.3. The van der Waals surface area contributed by atoms with Crippen LogP contribution in [0.3, 0.4) is 0 Å². The molecule has 2 fully saturated rings. The van der Waals surface area contributed by atoms with Gasteiger partial charge in [0.15, 0.2) is 0 Å². The van der Waals surface area contributed by atoms with E-state index in [2.05, 4.69) is 45.9 Å². The Kier molecular flexibility index (Phi) is 7.31. The molecule has 1 aromatic carbocycles. The molecule has 0 unspecified atom stereocenters. The van der Waals surface area contributed by atoms with E-state index in [1.54, 1.807) is 0 Å². The molecule has 0 radical (unpaired) electrons. The molecular formula is C21H33N3O. The number of nitrogens with one attached hydrogen (secondary N) is 2. The molecule has 0 aromatic heterocycles.